The molecule has 0 saturated heterocycles. The Morgan fingerprint density at radius 3 is 2.53 bits per heavy atom. The third-order valence-corrected chi connectivity index (χ3v) is 2.27. The summed E-state index contributed by atoms with van der Waals surface area (Å²) in [4.78, 5) is 3.89. The Bertz CT molecular complexity index is 456. The van der Waals surface area contributed by atoms with Crippen molar-refractivity contribution in [3.63, 3.8) is 0 Å². The fourth-order valence-electron chi connectivity index (χ4n) is 1.52. The van der Waals surface area contributed by atoms with Gasteiger partial charge >= 0.3 is 0 Å². The first kappa shape index (κ1) is 9.80. The summed E-state index contributed by atoms with van der Waals surface area (Å²) in [5, 5.41) is 9.10. The van der Waals surface area contributed by atoms with Crippen molar-refractivity contribution >= 4 is 0 Å². The van der Waals surface area contributed by atoms with Gasteiger partial charge in [0.1, 0.15) is 5.82 Å². The average molecular weight is 203 g/mol. The zero-order valence-electron chi connectivity index (χ0n) is 8.02. The minimum Gasteiger partial charge on any atom is -0.392 e. The van der Waals surface area contributed by atoms with Crippen LogP contribution in [0.15, 0.2) is 42.7 Å². The van der Waals surface area contributed by atoms with Gasteiger partial charge in [-0.05, 0) is 29.3 Å². The molecule has 1 aromatic heterocycles. The molecule has 2 aromatic rings. The Labute approximate surface area is 87.0 Å². The number of hydrogen-bond acceptors (Lipinski definition) is 2. The molecule has 0 radical (unpaired) electrons. The van der Waals surface area contributed by atoms with Crippen molar-refractivity contribution in [2.45, 2.75) is 6.61 Å². The molecule has 0 bridgehead atoms. The van der Waals surface area contributed by atoms with E-state index in [0.717, 1.165) is 5.56 Å². The molecular weight excluding hydrogens is 193 g/mol. The summed E-state index contributed by atoms with van der Waals surface area (Å²) >= 11 is 0. The molecule has 0 aliphatic carbocycles. The van der Waals surface area contributed by atoms with Crippen LogP contribution >= 0.6 is 0 Å². The quantitative estimate of drug-likeness (QED) is 0.812. The number of pyridine rings is 1. The van der Waals surface area contributed by atoms with Gasteiger partial charge in [0.05, 0.1) is 6.61 Å². The van der Waals surface area contributed by atoms with Gasteiger partial charge in [0, 0.05) is 18.0 Å². The largest absolute Gasteiger partial charge is 0.392 e. The van der Waals surface area contributed by atoms with Crippen LogP contribution in [0, 0.1) is 5.82 Å². The Morgan fingerprint density at radius 2 is 1.87 bits per heavy atom. The van der Waals surface area contributed by atoms with E-state index in [0.29, 0.717) is 11.1 Å². The second-order valence-electron chi connectivity index (χ2n) is 3.16. The monoisotopic (exact) mass is 203 g/mol. The number of aliphatic hydroxyl groups excluding tert-OH is 1. The lowest BCUT2D eigenvalue weighted by atomic mass is 10.0. The standard InChI is InChI=1S/C12H10FNO/c13-12-3-1-2-10(11(12)8-15)9-4-6-14-7-5-9/h1-7,15H,8H2. The summed E-state index contributed by atoms with van der Waals surface area (Å²) < 4.78 is 13.4. The van der Waals surface area contributed by atoms with Crippen molar-refractivity contribution in [2.24, 2.45) is 0 Å². The third kappa shape index (κ3) is 1.87. The van der Waals surface area contributed by atoms with Crippen LogP contribution < -0.4 is 0 Å². The molecule has 0 saturated carbocycles. The molecule has 0 amide bonds. The summed E-state index contributed by atoms with van der Waals surface area (Å²) in [6, 6.07) is 8.33. The van der Waals surface area contributed by atoms with Crippen LogP contribution in [0.2, 0.25) is 0 Å². The lowest BCUT2D eigenvalue weighted by Crippen LogP contribution is -1.94. The van der Waals surface area contributed by atoms with Gasteiger partial charge in [-0.15, -0.1) is 0 Å². The molecule has 0 fully saturated rings. The van der Waals surface area contributed by atoms with Crippen molar-refractivity contribution in [3.05, 3.63) is 54.1 Å². The topological polar surface area (TPSA) is 33.1 Å². The van der Waals surface area contributed by atoms with Gasteiger partial charge in [-0.2, -0.15) is 0 Å². The fourth-order valence-corrected chi connectivity index (χ4v) is 1.52. The zero-order chi connectivity index (χ0) is 10.7. The Balaban J connectivity index is 2.58. The number of benzene rings is 1. The summed E-state index contributed by atoms with van der Waals surface area (Å²) in [5.41, 5.74) is 1.89. The first-order chi connectivity index (χ1) is 7.33. The highest BCUT2D eigenvalue weighted by Gasteiger charge is 2.08. The molecule has 3 heteroatoms. The highest BCUT2D eigenvalue weighted by atomic mass is 19.1. The molecule has 15 heavy (non-hydrogen) atoms. The van der Waals surface area contributed by atoms with Crippen LogP contribution in [0.1, 0.15) is 5.56 Å². The van der Waals surface area contributed by atoms with Crippen LogP contribution in [0.3, 0.4) is 0 Å². The highest BCUT2D eigenvalue weighted by molar-refractivity contribution is 5.66. The summed E-state index contributed by atoms with van der Waals surface area (Å²) in [6.07, 6.45) is 3.28. The molecular formula is C12H10FNO. The average Bonchev–Trinajstić information content (AvgIpc) is 2.30. The summed E-state index contributed by atoms with van der Waals surface area (Å²) in [7, 11) is 0. The van der Waals surface area contributed by atoms with E-state index >= 15 is 0 Å². The van der Waals surface area contributed by atoms with Crippen LogP contribution in [0.4, 0.5) is 4.39 Å². The highest BCUT2D eigenvalue weighted by Crippen LogP contribution is 2.24. The van der Waals surface area contributed by atoms with Crippen LogP contribution in [-0.4, -0.2) is 10.1 Å². The van der Waals surface area contributed by atoms with Gasteiger partial charge in [0.15, 0.2) is 0 Å². The molecule has 2 nitrogen and oxygen atoms in total. The second kappa shape index (κ2) is 4.19. The molecule has 0 aliphatic heterocycles. The third-order valence-electron chi connectivity index (χ3n) is 2.27. The second-order valence-corrected chi connectivity index (χ2v) is 3.16. The minimum atomic E-state index is -0.383. The van der Waals surface area contributed by atoms with Gasteiger partial charge in [-0.1, -0.05) is 12.1 Å². The molecule has 0 unspecified atom stereocenters. The fraction of sp³-hybridized carbons (Fsp3) is 0.0833. The first-order valence-electron chi connectivity index (χ1n) is 4.61. The lowest BCUT2D eigenvalue weighted by molar-refractivity contribution is 0.276. The van der Waals surface area contributed by atoms with Crippen molar-refractivity contribution in [1.29, 1.82) is 0 Å². The molecule has 1 aromatic carbocycles. The predicted molar refractivity (Wildman–Crippen MR) is 55.6 cm³/mol. The number of halogens is 1. The molecule has 1 N–H and O–H groups in total. The van der Waals surface area contributed by atoms with E-state index in [1.54, 1.807) is 36.7 Å². The van der Waals surface area contributed by atoms with Gasteiger partial charge in [0.2, 0.25) is 0 Å². The molecule has 0 atom stereocenters. The van der Waals surface area contributed by atoms with E-state index in [9.17, 15) is 4.39 Å². The van der Waals surface area contributed by atoms with E-state index in [4.69, 9.17) is 5.11 Å². The predicted octanol–water partition coefficient (Wildman–Crippen LogP) is 2.38. The van der Waals surface area contributed by atoms with Gasteiger partial charge < -0.3 is 5.11 Å². The van der Waals surface area contributed by atoms with Crippen LogP contribution in [-0.2, 0) is 6.61 Å². The van der Waals surface area contributed by atoms with Crippen molar-refractivity contribution in [2.75, 3.05) is 0 Å². The number of aromatic nitrogens is 1. The van der Waals surface area contributed by atoms with Crippen molar-refractivity contribution in [3.8, 4) is 11.1 Å². The van der Waals surface area contributed by atoms with E-state index < -0.39 is 0 Å². The van der Waals surface area contributed by atoms with E-state index in [1.807, 2.05) is 0 Å². The van der Waals surface area contributed by atoms with Crippen LogP contribution in [0.25, 0.3) is 11.1 Å². The number of rotatable bonds is 2. The summed E-state index contributed by atoms with van der Waals surface area (Å²) in [5.74, 6) is -0.383. The van der Waals surface area contributed by atoms with Crippen molar-refractivity contribution in [1.82, 2.24) is 4.98 Å². The van der Waals surface area contributed by atoms with Crippen molar-refractivity contribution < 1.29 is 9.50 Å². The maximum atomic E-state index is 13.4. The molecule has 0 spiro atoms. The Morgan fingerprint density at radius 1 is 1.13 bits per heavy atom. The van der Waals surface area contributed by atoms with Gasteiger partial charge in [-0.25, -0.2) is 4.39 Å². The maximum absolute atomic E-state index is 13.4. The van der Waals surface area contributed by atoms with E-state index in [2.05, 4.69) is 4.98 Å². The molecule has 0 aliphatic rings. The Hall–Kier alpha value is -1.74. The SMILES string of the molecule is OCc1c(F)cccc1-c1ccncc1. The molecule has 2 rings (SSSR count). The smallest absolute Gasteiger partial charge is 0.129 e. The van der Waals surface area contributed by atoms with Gasteiger partial charge in [-0.3, -0.25) is 4.98 Å². The summed E-state index contributed by atoms with van der Waals surface area (Å²) in [6.45, 7) is -0.301. The van der Waals surface area contributed by atoms with E-state index in [1.165, 1.54) is 6.07 Å². The number of nitrogens with zero attached hydrogens (tertiary/aromatic N) is 1. The van der Waals surface area contributed by atoms with Gasteiger partial charge in [0.25, 0.3) is 0 Å². The normalized spacial score (nSPS) is 10.3. The first-order valence-corrected chi connectivity index (χ1v) is 4.61. The molecule has 1 heterocycles. The maximum Gasteiger partial charge on any atom is 0.129 e. The number of hydrogen-bond donors (Lipinski definition) is 1. The minimum absolute atomic E-state index is 0.301. The Kier molecular flexibility index (Phi) is 2.74. The number of aliphatic hydroxyl groups is 1. The van der Waals surface area contributed by atoms with E-state index in [-0.39, 0.29) is 12.4 Å². The van der Waals surface area contributed by atoms with Crippen LogP contribution in [0.5, 0.6) is 0 Å². The molecule has 76 valence electrons. The zero-order valence-corrected chi connectivity index (χ0v) is 8.02. The lowest BCUT2D eigenvalue weighted by Gasteiger charge is -2.07.